The molecule has 0 spiro atoms. The Morgan fingerprint density at radius 2 is 1.61 bits per heavy atom. The van der Waals surface area contributed by atoms with Gasteiger partial charge in [0.2, 0.25) is 0 Å². The molecule has 4 rings (SSSR count). The molecule has 3 aromatic rings. The van der Waals surface area contributed by atoms with Crippen LogP contribution in [0.15, 0.2) is 78.9 Å². The Labute approximate surface area is 182 Å². The second-order valence-electron chi connectivity index (χ2n) is 8.02. The van der Waals surface area contributed by atoms with Crippen LogP contribution >= 0.6 is 0 Å². The Kier molecular flexibility index (Phi) is 6.05. The van der Waals surface area contributed by atoms with Gasteiger partial charge in [0.1, 0.15) is 11.4 Å². The average Bonchev–Trinajstić information content (AvgIpc) is 2.80. The van der Waals surface area contributed by atoms with E-state index in [2.05, 4.69) is 0 Å². The molecule has 0 radical (unpaired) electrons. The van der Waals surface area contributed by atoms with E-state index < -0.39 is 5.60 Å². The molecule has 2 atom stereocenters. The first kappa shape index (κ1) is 21.1. The third-order valence-electron chi connectivity index (χ3n) is 6.16. The summed E-state index contributed by atoms with van der Waals surface area (Å²) < 4.78 is 19.2. The quantitative estimate of drug-likeness (QED) is 0.564. The van der Waals surface area contributed by atoms with Crippen LogP contribution in [0.5, 0.6) is 0 Å². The van der Waals surface area contributed by atoms with Crippen molar-refractivity contribution >= 4 is 6.09 Å². The summed E-state index contributed by atoms with van der Waals surface area (Å²) >= 11 is 0. The van der Waals surface area contributed by atoms with E-state index in [9.17, 15) is 9.18 Å². The van der Waals surface area contributed by atoms with Crippen LogP contribution in [0.25, 0.3) is 11.1 Å². The van der Waals surface area contributed by atoms with Crippen molar-refractivity contribution in [3.8, 4) is 11.1 Å². The first-order valence-corrected chi connectivity index (χ1v) is 10.6. The Hall–Kier alpha value is -3.18. The Morgan fingerprint density at radius 3 is 2.19 bits per heavy atom. The topological polar surface area (TPSA) is 55.6 Å². The summed E-state index contributed by atoms with van der Waals surface area (Å²) in [6, 6.07) is 24.2. The molecular formula is C26H27FN2O2. The highest BCUT2D eigenvalue weighted by atomic mass is 19.1. The predicted molar refractivity (Wildman–Crippen MR) is 120 cm³/mol. The highest BCUT2D eigenvalue weighted by Gasteiger charge is 2.42. The number of ether oxygens (including phenoxy) is 1. The molecule has 1 amide bonds. The van der Waals surface area contributed by atoms with Gasteiger partial charge >= 0.3 is 6.09 Å². The van der Waals surface area contributed by atoms with E-state index in [4.69, 9.17) is 10.5 Å². The molecule has 1 aliphatic rings. The zero-order chi connectivity index (χ0) is 21.8. The molecule has 1 fully saturated rings. The van der Waals surface area contributed by atoms with E-state index in [1.807, 2.05) is 61.5 Å². The number of nitrogens with two attached hydrogens (primary N) is 1. The maximum atomic E-state index is 13.2. The molecule has 3 aromatic carbocycles. The van der Waals surface area contributed by atoms with Crippen LogP contribution in [-0.4, -0.2) is 24.1 Å². The van der Waals surface area contributed by atoms with E-state index >= 15 is 0 Å². The van der Waals surface area contributed by atoms with Gasteiger partial charge in [0.05, 0.1) is 6.04 Å². The number of benzene rings is 3. The Morgan fingerprint density at radius 1 is 1.00 bits per heavy atom. The predicted octanol–water partition coefficient (Wildman–Crippen LogP) is 5.64. The lowest BCUT2D eigenvalue weighted by Gasteiger charge is -2.43. The number of hydrogen-bond donors (Lipinski definition) is 1. The summed E-state index contributed by atoms with van der Waals surface area (Å²) in [5.74, 6) is -0.251. The summed E-state index contributed by atoms with van der Waals surface area (Å²) in [6.45, 7) is 3.05. The first-order chi connectivity index (χ1) is 15.0. The van der Waals surface area contributed by atoms with E-state index in [0.29, 0.717) is 25.9 Å². The standard InChI is InChI=1S/C26H27FN2O2/c1-19(20-7-9-21(10-8-20)22-11-13-24(27)14-12-22)29-18-16-26(15-17-28,31-25(29)30)23-5-3-2-4-6-23/h2-14,19H,15-18,28H2,1H3/t19-,26+/m0/s1. The third kappa shape index (κ3) is 4.32. The van der Waals surface area contributed by atoms with Crippen molar-refractivity contribution in [2.45, 2.75) is 31.4 Å². The lowest BCUT2D eigenvalue weighted by Crippen LogP contribution is -2.49. The summed E-state index contributed by atoms with van der Waals surface area (Å²) in [7, 11) is 0. The van der Waals surface area contributed by atoms with Crippen molar-refractivity contribution in [1.82, 2.24) is 4.90 Å². The van der Waals surface area contributed by atoms with E-state index in [0.717, 1.165) is 22.3 Å². The summed E-state index contributed by atoms with van der Waals surface area (Å²) in [5, 5.41) is 0. The highest BCUT2D eigenvalue weighted by molar-refractivity contribution is 5.70. The summed E-state index contributed by atoms with van der Waals surface area (Å²) in [5.41, 5.74) is 9.15. The molecule has 0 saturated carbocycles. The van der Waals surface area contributed by atoms with Gasteiger partial charge < -0.3 is 15.4 Å². The number of amides is 1. The van der Waals surface area contributed by atoms with Gasteiger partial charge in [-0.05, 0) is 47.9 Å². The molecule has 2 N–H and O–H groups in total. The molecular weight excluding hydrogens is 391 g/mol. The fourth-order valence-corrected chi connectivity index (χ4v) is 4.30. The van der Waals surface area contributed by atoms with Crippen LogP contribution in [0.2, 0.25) is 0 Å². The first-order valence-electron chi connectivity index (χ1n) is 10.6. The Bertz CT molecular complexity index is 1020. The second-order valence-corrected chi connectivity index (χ2v) is 8.02. The van der Waals surface area contributed by atoms with Crippen LogP contribution in [0.1, 0.15) is 36.9 Å². The molecule has 0 bridgehead atoms. The van der Waals surface area contributed by atoms with Crippen LogP contribution in [0.3, 0.4) is 0 Å². The van der Waals surface area contributed by atoms with Gasteiger partial charge in [-0.2, -0.15) is 0 Å². The van der Waals surface area contributed by atoms with Crippen LogP contribution in [-0.2, 0) is 10.3 Å². The highest BCUT2D eigenvalue weighted by Crippen LogP contribution is 2.39. The van der Waals surface area contributed by atoms with Crippen molar-refractivity contribution in [3.63, 3.8) is 0 Å². The summed E-state index contributed by atoms with van der Waals surface area (Å²) in [4.78, 5) is 14.8. The fourth-order valence-electron chi connectivity index (χ4n) is 4.30. The number of carbonyl (C=O) groups is 1. The average molecular weight is 419 g/mol. The van der Waals surface area contributed by atoms with Gasteiger partial charge in [0.15, 0.2) is 0 Å². The van der Waals surface area contributed by atoms with Crippen molar-refractivity contribution < 1.29 is 13.9 Å². The van der Waals surface area contributed by atoms with Gasteiger partial charge in [-0.15, -0.1) is 0 Å². The van der Waals surface area contributed by atoms with Gasteiger partial charge in [-0.25, -0.2) is 9.18 Å². The van der Waals surface area contributed by atoms with E-state index in [1.54, 1.807) is 17.0 Å². The number of cyclic esters (lactones) is 1. The fraction of sp³-hybridized carbons (Fsp3) is 0.269. The minimum absolute atomic E-state index is 0.124. The van der Waals surface area contributed by atoms with Crippen LogP contribution < -0.4 is 5.73 Å². The van der Waals surface area contributed by atoms with Gasteiger partial charge in [-0.3, -0.25) is 0 Å². The molecule has 1 aliphatic heterocycles. The molecule has 31 heavy (non-hydrogen) atoms. The third-order valence-corrected chi connectivity index (χ3v) is 6.16. The normalized spacial score (nSPS) is 19.7. The number of nitrogens with zero attached hydrogens (tertiary/aromatic N) is 1. The van der Waals surface area contributed by atoms with Crippen molar-refractivity contribution in [1.29, 1.82) is 0 Å². The zero-order valence-corrected chi connectivity index (χ0v) is 17.6. The number of carbonyl (C=O) groups excluding carboxylic acids is 1. The second kappa shape index (κ2) is 8.90. The van der Waals surface area contributed by atoms with Crippen LogP contribution in [0.4, 0.5) is 9.18 Å². The smallest absolute Gasteiger partial charge is 0.411 e. The molecule has 160 valence electrons. The monoisotopic (exact) mass is 418 g/mol. The lowest BCUT2D eigenvalue weighted by molar-refractivity contribution is -0.0640. The van der Waals surface area contributed by atoms with E-state index in [-0.39, 0.29) is 18.0 Å². The van der Waals surface area contributed by atoms with Crippen molar-refractivity contribution in [2.75, 3.05) is 13.1 Å². The zero-order valence-electron chi connectivity index (χ0n) is 17.6. The van der Waals surface area contributed by atoms with Gasteiger partial charge in [-0.1, -0.05) is 66.7 Å². The molecule has 0 unspecified atom stereocenters. The van der Waals surface area contributed by atoms with Crippen molar-refractivity contribution in [3.05, 3.63) is 95.8 Å². The number of halogens is 1. The molecule has 0 aliphatic carbocycles. The summed E-state index contributed by atoms with van der Waals surface area (Å²) in [6.07, 6.45) is 0.966. The van der Waals surface area contributed by atoms with Crippen LogP contribution in [0, 0.1) is 5.82 Å². The largest absolute Gasteiger partial charge is 0.438 e. The van der Waals surface area contributed by atoms with E-state index in [1.165, 1.54) is 12.1 Å². The Balaban J connectivity index is 1.50. The van der Waals surface area contributed by atoms with Gasteiger partial charge in [0, 0.05) is 19.4 Å². The lowest BCUT2D eigenvalue weighted by atomic mass is 9.85. The minimum atomic E-state index is -0.671. The number of hydrogen-bond acceptors (Lipinski definition) is 3. The van der Waals surface area contributed by atoms with Crippen molar-refractivity contribution in [2.24, 2.45) is 5.73 Å². The minimum Gasteiger partial charge on any atom is -0.438 e. The molecule has 1 saturated heterocycles. The molecule has 4 nitrogen and oxygen atoms in total. The maximum absolute atomic E-state index is 13.2. The SMILES string of the molecule is C[C@@H](c1ccc(-c2ccc(F)cc2)cc1)N1CC[C@](CCN)(c2ccccc2)OC1=O. The molecule has 0 aromatic heterocycles. The van der Waals surface area contributed by atoms with Gasteiger partial charge in [0.25, 0.3) is 0 Å². The number of rotatable bonds is 6. The maximum Gasteiger partial charge on any atom is 0.411 e. The molecule has 1 heterocycles. The molecule has 5 heteroatoms.